The molecular weight excluding hydrogens is 180 g/mol. The van der Waals surface area contributed by atoms with E-state index in [-0.39, 0.29) is 0 Å². The molecule has 4 N–H and O–H groups in total. The molecule has 1 saturated heterocycles. The van der Waals surface area contributed by atoms with Crippen molar-refractivity contribution in [2.45, 2.75) is 36.9 Å². The molecule has 1 fully saturated rings. The highest BCUT2D eigenvalue weighted by Crippen LogP contribution is 2.28. The molecule has 0 aromatic heterocycles. The third-order valence-corrected chi connectivity index (χ3v) is 2.17. The van der Waals surface area contributed by atoms with Crippen molar-refractivity contribution in [3.8, 4) is 0 Å². The minimum atomic E-state index is -1.51. The van der Waals surface area contributed by atoms with E-state index in [4.69, 9.17) is 14.9 Å². The highest BCUT2D eigenvalue weighted by atomic mass is 16.6. The molecule has 74 valence electrons. The average molecular weight is 190 g/mol. The second-order valence-corrected chi connectivity index (χ2v) is 3.11. The molecule has 0 saturated carbocycles. The fraction of sp³-hybridized carbons (Fsp3) is 1.00. The normalized spacial score (nSPS) is 50.9. The number of hydrogen-bond donors (Lipinski definition) is 4. The first kappa shape index (κ1) is 8.97. The van der Waals surface area contributed by atoms with Gasteiger partial charge in [0.1, 0.15) is 24.4 Å². The molecule has 0 bridgehead atoms. The van der Waals surface area contributed by atoms with Gasteiger partial charge in [-0.3, -0.25) is 0 Å². The molecule has 5 atom stereocenters. The topological polar surface area (TPSA) is 115 Å². The fourth-order valence-electron chi connectivity index (χ4n) is 1.30. The summed E-state index contributed by atoms with van der Waals surface area (Å²) in [5.74, 6) is 0. The Morgan fingerprint density at radius 3 is 2.00 bits per heavy atom. The van der Waals surface area contributed by atoms with Crippen LogP contribution in [0.2, 0.25) is 0 Å². The van der Waals surface area contributed by atoms with E-state index in [1.807, 2.05) is 0 Å². The number of ether oxygens (including phenoxy) is 1. The Morgan fingerprint density at radius 2 is 1.46 bits per heavy atom. The number of aliphatic hydroxyl groups is 4. The predicted octanol–water partition coefficient (Wildman–Crippen LogP) is -2.42. The van der Waals surface area contributed by atoms with E-state index in [0.717, 1.165) is 0 Å². The van der Waals surface area contributed by atoms with Crippen molar-refractivity contribution in [3.05, 3.63) is 0 Å². The number of hydrogen-bond acceptors (Lipinski definition) is 7. The van der Waals surface area contributed by atoms with Crippen molar-refractivity contribution in [1.29, 1.82) is 0 Å². The summed E-state index contributed by atoms with van der Waals surface area (Å²) < 4.78 is 4.81. The minimum absolute atomic E-state index is 0.535. The Kier molecular flexibility index (Phi) is 2.05. The van der Waals surface area contributed by atoms with Crippen LogP contribution in [-0.4, -0.2) is 57.3 Å². The van der Waals surface area contributed by atoms with Gasteiger partial charge in [-0.15, -0.1) is 0 Å². The Labute approximate surface area is 73.3 Å². The van der Waals surface area contributed by atoms with Gasteiger partial charge in [0.05, 0.1) is 0 Å². The molecule has 2 aliphatic rings. The van der Waals surface area contributed by atoms with Gasteiger partial charge in [-0.05, 0) is 0 Å². The summed E-state index contributed by atoms with van der Waals surface area (Å²) >= 11 is 0. The van der Waals surface area contributed by atoms with Crippen LogP contribution in [0.1, 0.15) is 0 Å². The summed E-state index contributed by atoms with van der Waals surface area (Å²) in [5, 5.41) is 43.8. The second-order valence-electron chi connectivity index (χ2n) is 3.11. The van der Waals surface area contributed by atoms with Gasteiger partial charge in [-0.1, -0.05) is 0 Å². The molecule has 13 heavy (non-hydrogen) atoms. The van der Waals surface area contributed by atoms with E-state index in [1.165, 1.54) is 0 Å². The van der Waals surface area contributed by atoms with Crippen LogP contribution in [0.15, 0.2) is 10.2 Å². The number of rotatable bonds is 1. The van der Waals surface area contributed by atoms with E-state index in [0.29, 0.717) is 0 Å². The second kappa shape index (κ2) is 2.96. The van der Waals surface area contributed by atoms with Crippen LogP contribution in [0, 0.1) is 0 Å². The molecule has 2 rings (SSSR count). The Morgan fingerprint density at radius 1 is 0.846 bits per heavy atom. The smallest absolute Gasteiger partial charge is 0.209 e. The third kappa shape index (κ3) is 1.45. The predicted molar refractivity (Wildman–Crippen MR) is 37.5 cm³/mol. The Hall–Kier alpha value is -0.600. The molecule has 0 aromatic rings. The molecule has 2 aliphatic heterocycles. The van der Waals surface area contributed by atoms with Crippen molar-refractivity contribution in [1.82, 2.24) is 0 Å². The maximum atomic E-state index is 9.37. The molecular formula is C6H10N2O5. The molecule has 7 heteroatoms. The third-order valence-electron chi connectivity index (χ3n) is 2.17. The van der Waals surface area contributed by atoms with Gasteiger partial charge in [-0.25, -0.2) is 0 Å². The molecule has 2 heterocycles. The van der Waals surface area contributed by atoms with Crippen molar-refractivity contribution in [3.63, 3.8) is 0 Å². The summed E-state index contributed by atoms with van der Waals surface area (Å²) in [6, 6.07) is 0. The van der Waals surface area contributed by atoms with Gasteiger partial charge in [0.2, 0.25) is 6.17 Å². The van der Waals surface area contributed by atoms with Gasteiger partial charge >= 0.3 is 0 Å². The van der Waals surface area contributed by atoms with Crippen LogP contribution in [0.4, 0.5) is 0 Å². The molecule has 1 unspecified atom stereocenters. The summed E-state index contributed by atoms with van der Waals surface area (Å²) in [6.07, 6.45) is -7.11. The van der Waals surface area contributed by atoms with Gasteiger partial charge in [0.15, 0.2) is 6.29 Å². The molecule has 7 nitrogen and oxygen atoms in total. The minimum Gasteiger partial charge on any atom is -0.387 e. The van der Waals surface area contributed by atoms with Gasteiger partial charge in [0.25, 0.3) is 0 Å². The summed E-state index contributed by atoms with van der Waals surface area (Å²) in [6.45, 7) is 0. The van der Waals surface area contributed by atoms with Gasteiger partial charge in [-0.2, -0.15) is 10.2 Å². The molecule has 0 aliphatic carbocycles. The van der Waals surface area contributed by atoms with E-state index in [9.17, 15) is 10.2 Å². The van der Waals surface area contributed by atoms with Crippen LogP contribution in [0.5, 0.6) is 0 Å². The lowest BCUT2D eigenvalue weighted by molar-refractivity contribution is -0.281. The maximum Gasteiger partial charge on any atom is 0.209 e. The van der Waals surface area contributed by atoms with Crippen molar-refractivity contribution >= 4 is 0 Å². The zero-order valence-corrected chi connectivity index (χ0v) is 6.56. The quantitative estimate of drug-likeness (QED) is 0.367. The SMILES string of the molecule is OC1O[C@H](C2N=N2)[C@H](O)[C@H](O)[C@H]1O. The first-order chi connectivity index (χ1) is 6.11. The highest BCUT2D eigenvalue weighted by molar-refractivity contribution is 4.96. The lowest BCUT2D eigenvalue weighted by Crippen LogP contribution is -2.58. The summed E-state index contributed by atoms with van der Waals surface area (Å²) in [5.41, 5.74) is 0. The van der Waals surface area contributed by atoms with Gasteiger partial charge < -0.3 is 25.2 Å². The lowest BCUT2D eigenvalue weighted by atomic mass is 9.98. The van der Waals surface area contributed by atoms with Gasteiger partial charge in [0, 0.05) is 0 Å². The first-order valence-electron chi connectivity index (χ1n) is 3.89. The number of aliphatic hydroxyl groups excluding tert-OH is 4. The summed E-state index contributed by atoms with van der Waals surface area (Å²) in [4.78, 5) is 0. The van der Waals surface area contributed by atoms with Crippen molar-refractivity contribution in [2.75, 3.05) is 0 Å². The van der Waals surface area contributed by atoms with Crippen LogP contribution in [-0.2, 0) is 4.74 Å². The monoisotopic (exact) mass is 190 g/mol. The van der Waals surface area contributed by atoms with Crippen LogP contribution in [0.25, 0.3) is 0 Å². The first-order valence-corrected chi connectivity index (χ1v) is 3.89. The fourth-order valence-corrected chi connectivity index (χ4v) is 1.30. The standard InChI is InChI=1S/C6H10N2O5/c9-1-2(10)4(5-7-8-5)13-6(12)3(1)11/h1-6,9-12H/t1-,2+,3+,4-,6?/m0/s1. The van der Waals surface area contributed by atoms with E-state index >= 15 is 0 Å². The van der Waals surface area contributed by atoms with Crippen LogP contribution < -0.4 is 0 Å². The van der Waals surface area contributed by atoms with E-state index in [1.54, 1.807) is 0 Å². The zero-order valence-electron chi connectivity index (χ0n) is 6.56. The van der Waals surface area contributed by atoms with E-state index in [2.05, 4.69) is 10.2 Å². The van der Waals surface area contributed by atoms with Crippen molar-refractivity contribution < 1.29 is 25.2 Å². The largest absolute Gasteiger partial charge is 0.387 e. The number of nitrogens with zero attached hydrogens (tertiary/aromatic N) is 2. The maximum absolute atomic E-state index is 9.37. The van der Waals surface area contributed by atoms with Crippen molar-refractivity contribution in [2.24, 2.45) is 10.2 Å². The Bertz CT molecular complexity index is 229. The molecule has 0 amide bonds. The summed E-state index contributed by atoms with van der Waals surface area (Å²) in [7, 11) is 0. The molecule has 0 radical (unpaired) electrons. The molecule has 0 spiro atoms. The van der Waals surface area contributed by atoms with E-state index < -0.39 is 36.9 Å². The lowest BCUT2D eigenvalue weighted by Gasteiger charge is -2.37. The molecule has 0 aromatic carbocycles. The average Bonchev–Trinajstić information content (AvgIpc) is 2.91. The highest BCUT2D eigenvalue weighted by Gasteiger charge is 2.48. The Balaban J connectivity index is 2.05. The van der Waals surface area contributed by atoms with Crippen LogP contribution >= 0.6 is 0 Å². The van der Waals surface area contributed by atoms with Crippen LogP contribution in [0.3, 0.4) is 0 Å². The zero-order chi connectivity index (χ0) is 9.59.